The molecule has 0 aromatic rings. The van der Waals surface area contributed by atoms with E-state index in [1.807, 2.05) is 0 Å². The van der Waals surface area contributed by atoms with Gasteiger partial charge in [0.2, 0.25) is 0 Å². The molecule has 1 aliphatic heterocycles. The fourth-order valence-electron chi connectivity index (χ4n) is 4.18. The van der Waals surface area contributed by atoms with Crippen molar-refractivity contribution < 1.29 is 0 Å². The molecule has 118 valence electrons. The van der Waals surface area contributed by atoms with E-state index < -0.39 is 0 Å². The lowest BCUT2D eigenvalue weighted by molar-refractivity contribution is 0.129. The minimum Gasteiger partial charge on any atom is -0.314 e. The molecule has 1 saturated heterocycles. The number of nitrogens with one attached hydrogen (secondary N) is 1. The molecule has 0 spiro atoms. The van der Waals surface area contributed by atoms with Crippen LogP contribution in [0.5, 0.6) is 0 Å². The van der Waals surface area contributed by atoms with Gasteiger partial charge in [-0.05, 0) is 69.6 Å². The summed E-state index contributed by atoms with van der Waals surface area (Å²) in [5.41, 5.74) is 0.463. The van der Waals surface area contributed by atoms with Crippen LogP contribution in [0.15, 0.2) is 0 Å². The Morgan fingerprint density at radius 2 is 1.65 bits per heavy atom. The van der Waals surface area contributed by atoms with Gasteiger partial charge in [0.05, 0.1) is 0 Å². The largest absolute Gasteiger partial charge is 0.314 e. The highest BCUT2D eigenvalue weighted by atomic mass is 15.1. The zero-order valence-corrected chi connectivity index (χ0v) is 14.1. The van der Waals surface area contributed by atoms with Crippen molar-refractivity contribution in [3.05, 3.63) is 0 Å². The van der Waals surface area contributed by atoms with Crippen LogP contribution >= 0.6 is 0 Å². The normalized spacial score (nSPS) is 29.6. The summed E-state index contributed by atoms with van der Waals surface area (Å²) >= 11 is 0. The predicted octanol–water partition coefficient (Wildman–Crippen LogP) is 4.06. The lowest BCUT2D eigenvalue weighted by atomic mass is 9.69. The molecule has 2 aliphatic rings. The van der Waals surface area contributed by atoms with E-state index in [9.17, 15) is 0 Å². The molecule has 2 atom stereocenters. The molecular weight excluding hydrogens is 244 g/mol. The fourth-order valence-corrected chi connectivity index (χ4v) is 4.18. The standard InChI is InChI=1S/C18H36N2/c1-18(2,3)16-10-5-6-11-17(16)19-12-9-15-20-13-7-4-8-14-20/h16-17,19H,4-15H2,1-3H3. The van der Waals surface area contributed by atoms with Gasteiger partial charge in [-0.3, -0.25) is 0 Å². The van der Waals surface area contributed by atoms with Crippen molar-refractivity contribution in [1.29, 1.82) is 0 Å². The van der Waals surface area contributed by atoms with Crippen LogP contribution in [0.2, 0.25) is 0 Å². The second kappa shape index (κ2) is 7.79. The topological polar surface area (TPSA) is 15.3 Å². The van der Waals surface area contributed by atoms with E-state index in [1.165, 1.54) is 77.5 Å². The van der Waals surface area contributed by atoms with E-state index in [2.05, 4.69) is 31.0 Å². The Morgan fingerprint density at radius 1 is 0.950 bits per heavy atom. The number of nitrogens with zero attached hydrogens (tertiary/aromatic N) is 1. The van der Waals surface area contributed by atoms with Crippen LogP contribution < -0.4 is 5.32 Å². The maximum atomic E-state index is 3.89. The lowest BCUT2D eigenvalue weighted by Gasteiger charge is -2.41. The van der Waals surface area contributed by atoms with Crippen molar-refractivity contribution in [2.75, 3.05) is 26.2 Å². The second-order valence-corrected chi connectivity index (χ2v) is 8.07. The summed E-state index contributed by atoms with van der Waals surface area (Å²) in [7, 11) is 0. The van der Waals surface area contributed by atoms with Crippen molar-refractivity contribution in [1.82, 2.24) is 10.2 Å². The summed E-state index contributed by atoms with van der Waals surface area (Å²) in [6, 6.07) is 0.769. The van der Waals surface area contributed by atoms with Crippen molar-refractivity contribution in [2.24, 2.45) is 11.3 Å². The minimum atomic E-state index is 0.463. The summed E-state index contributed by atoms with van der Waals surface area (Å²) in [6.07, 6.45) is 11.3. The van der Waals surface area contributed by atoms with Gasteiger partial charge < -0.3 is 10.2 Å². The highest BCUT2D eigenvalue weighted by Gasteiger charge is 2.33. The molecule has 2 rings (SSSR count). The molecule has 0 radical (unpaired) electrons. The molecule has 0 aromatic heterocycles. The molecule has 0 amide bonds. The van der Waals surface area contributed by atoms with Gasteiger partial charge in [0.15, 0.2) is 0 Å². The monoisotopic (exact) mass is 280 g/mol. The van der Waals surface area contributed by atoms with Crippen LogP contribution in [0.1, 0.15) is 72.1 Å². The van der Waals surface area contributed by atoms with E-state index >= 15 is 0 Å². The van der Waals surface area contributed by atoms with Gasteiger partial charge in [0, 0.05) is 6.04 Å². The van der Waals surface area contributed by atoms with E-state index in [0.717, 1.165) is 12.0 Å². The van der Waals surface area contributed by atoms with Crippen molar-refractivity contribution >= 4 is 0 Å². The number of hydrogen-bond donors (Lipinski definition) is 1. The minimum absolute atomic E-state index is 0.463. The van der Waals surface area contributed by atoms with Gasteiger partial charge in [-0.2, -0.15) is 0 Å². The number of rotatable bonds is 5. The molecule has 1 N–H and O–H groups in total. The molecule has 0 bridgehead atoms. The van der Waals surface area contributed by atoms with E-state index in [4.69, 9.17) is 0 Å². The average Bonchev–Trinajstić information content (AvgIpc) is 2.44. The Kier molecular flexibility index (Phi) is 6.35. The van der Waals surface area contributed by atoms with Gasteiger partial charge in [-0.1, -0.05) is 40.0 Å². The summed E-state index contributed by atoms with van der Waals surface area (Å²) in [6.45, 7) is 12.5. The highest BCUT2D eigenvalue weighted by Crippen LogP contribution is 2.37. The second-order valence-electron chi connectivity index (χ2n) is 8.07. The van der Waals surface area contributed by atoms with Crippen LogP contribution in [-0.4, -0.2) is 37.1 Å². The number of hydrogen-bond acceptors (Lipinski definition) is 2. The van der Waals surface area contributed by atoms with E-state index in [-0.39, 0.29) is 0 Å². The lowest BCUT2D eigenvalue weighted by Crippen LogP contribution is -2.45. The predicted molar refractivity (Wildman–Crippen MR) is 88.1 cm³/mol. The number of piperidine rings is 1. The van der Waals surface area contributed by atoms with E-state index in [1.54, 1.807) is 0 Å². The third kappa shape index (κ3) is 5.04. The Balaban J connectivity index is 1.66. The van der Waals surface area contributed by atoms with Gasteiger partial charge in [-0.15, -0.1) is 0 Å². The number of likely N-dealkylation sites (tertiary alicyclic amines) is 1. The smallest absolute Gasteiger partial charge is 0.0100 e. The van der Waals surface area contributed by atoms with Crippen LogP contribution in [0, 0.1) is 11.3 Å². The first-order valence-electron chi connectivity index (χ1n) is 9.03. The Hall–Kier alpha value is -0.0800. The molecule has 2 heteroatoms. The Morgan fingerprint density at radius 3 is 2.35 bits per heavy atom. The molecule has 2 unspecified atom stereocenters. The summed E-state index contributed by atoms with van der Waals surface area (Å²) in [5.74, 6) is 0.867. The Labute approximate surface area is 126 Å². The van der Waals surface area contributed by atoms with Gasteiger partial charge in [0.25, 0.3) is 0 Å². The molecule has 1 heterocycles. The quantitative estimate of drug-likeness (QED) is 0.764. The third-order valence-corrected chi connectivity index (χ3v) is 5.38. The molecule has 1 saturated carbocycles. The third-order valence-electron chi connectivity index (χ3n) is 5.38. The zero-order valence-electron chi connectivity index (χ0n) is 14.1. The maximum absolute atomic E-state index is 3.89. The van der Waals surface area contributed by atoms with Gasteiger partial charge in [0.1, 0.15) is 0 Å². The molecule has 2 fully saturated rings. The van der Waals surface area contributed by atoms with E-state index in [0.29, 0.717) is 5.41 Å². The summed E-state index contributed by atoms with van der Waals surface area (Å²) in [4.78, 5) is 2.66. The Bertz CT molecular complexity index is 263. The van der Waals surface area contributed by atoms with Crippen molar-refractivity contribution in [3.8, 4) is 0 Å². The van der Waals surface area contributed by atoms with Crippen LogP contribution in [0.3, 0.4) is 0 Å². The average molecular weight is 280 g/mol. The van der Waals surface area contributed by atoms with Crippen LogP contribution in [0.4, 0.5) is 0 Å². The van der Waals surface area contributed by atoms with Crippen LogP contribution in [0.25, 0.3) is 0 Å². The van der Waals surface area contributed by atoms with Crippen molar-refractivity contribution in [3.63, 3.8) is 0 Å². The van der Waals surface area contributed by atoms with Crippen LogP contribution in [-0.2, 0) is 0 Å². The summed E-state index contributed by atoms with van der Waals surface area (Å²) in [5, 5.41) is 3.89. The van der Waals surface area contributed by atoms with Crippen molar-refractivity contribution in [2.45, 2.75) is 78.2 Å². The first-order valence-corrected chi connectivity index (χ1v) is 9.03. The molecular formula is C18H36N2. The molecule has 0 aromatic carbocycles. The first kappa shape index (κ1) is 16.3. The molecule has 20 heavy (non-hydrogen) atoms. The van der Waals surface area contributed by atoms with Gasteiger partial charge >= 0.3 is 0 Å². The van der Waals surface area contributed by atoms with Gasteiger partial charge in [-0.25, -0.2) is 0 Å². The fraction of sp³-hybridized carbons (Fsp3) is 1.00. The first-order chi connectivity index (χ1) is 9.57. The molecule has 2 nitrogen and oxygen atoms in total. The zero-order chi connectivity index (χ0) is 14.4. The SMILES string of the molecule is CC(C)(C)C1CCCCC1NCCCN1CCCCC1. The molecule has 1 aliphatic carbocycles. The summed E-state index contributed by atoms with van der Waals surface area (Å²) < 4.78 is 0. The highest BCUT2D eigenvalue weighted by molar-refractivity contribution is 4.88. The maximum Gasteiger partial charge on any atom is 0.0100 e.